The highest BCUT2D eigenvalue weighted by molar-refractivity contribution is 7.99. The standard InChI is InChI=1S/C12H15N3O2S2/c1-2-3-10-13-14-12(19-8-11(16)17)15(10)6-9-4-5-18-7-9/h4-5,7H,2-3,6,8H2,1H3,(H,16,17). The first-order valence-electron chi connectivity index (χ1n) is 5.98. The molecule has 7 heteroatoms. The maximum atomic E-state index is 10.7. The van der Waals surface area contributed by atoms with Crippen LogP contribution in [-0.4, -0.2) is 31.6 Å². The molecule has 2 aromatic heterocycles. The predicted molar refractivity (Wildman–Crippen MR) is 75.8 cm³/mol. The molecule has 102 valence electrons. The van der Waals surface area contributed by atoms with Gasteiger partial charge < -0.3 is 9.67 Å². The Bertz CT molecular complexity index is 537. The van der Waals surface area contributed by atoms with Gasteiger partial charge in [-0.15, -0.1) is 10.2 Å². The third-order valence-corrected chi connectivity index (χ3v) is 4.20. The molecule has 0 bridgehead atoms. The van der Waals surface area contributed by atoms with Crippen LogP contribution in [0.4, 0.5) is 0 Å². The lowest BCUT2D eigenvalue weighted by Crippen LogP contribution is -2.07. The van der Waals surface area contributed by atoms with Crippen molar-refractivity contribution in [2.75, 3.05) is 5.75 Å². The fourth-order valence-corrected chi connectivity index (χ4v) is 3.02. The molecule has 2 rings (SSSR count). The summed E-state index contributed by atoms with van der Waals surface area (Å²) in [6, 6.07) is 2.06. The van der Waals surface area contributed by atoms with Crippen LogP contribution < -0.4 is 0 Å². The van der Waals surface area contributed by atoms with Gasteiger partial charge in [0.15, 0.2) is 5.16 Å². The van der Waals surface area contributed by atoms with Crippen LogP contribution in [-0.2, 0) is 17.8 Å². The zero-order valence-corrected chi connectivity index (χ0v) is 12.2. The van der Waals surface area contributed by atoms with Crippen molar-refractivity contribution in [2.24, 2.45) is 0 Å². The van der Waals surface area contributed by atoms with Gasteiger partial charge in [-0.25, -0.2) is 0 Å². The predicted octanol–water partition coefficient (Wildman–Crippen LogP) is 2.52. The summed E-state index contributed by atoms with van der Waals surface area (Å²) in [5.74, 6) is 0.0853. The third kappa shape index (κ3) is 3.81. The minimum atomic E-state index is -0.841. The van der Waals surface area contributed by atoms with Crippen LogP contribution >= 0.6 is 23.1 Å². The molecule has 0 radical (unpaired) electrons. The van der Waals surface area contributed by atoms with E-state index >= 15 is 0 Å². The number of aryl methyl sites for hydroxylation is 1. The molecule has 5 nitrogen and oxygen atoms in total. The number of thiophene rings is 1. The number of hydrogen-bond donors (Lipinski definition) is 1. The lowest BCUT2D eigenvalue weighted by atomic mass is 10.3. The Hall–Kier alpha value is -1.34. The fourth-order valence-electron chi connectivity index (χ4n) is 1.68. The number of carboxylic acid groups (broad SMARTS) is 1. The van der Waals surface area contributed by atoms with Gasteiger partial charge in [-0.05, 0) is 28.8 Å². The van der Waals surface area contributed by atoms with Crippen LogP contribution in [0.2, 0.25) is 0 Å². The van der Waals surface area contributed by atoms with Crippen molar-refractivity contribution in [1.82, 2.24) is 14.8 Å². The van der Waals surface area contributed by atoms with Crippen LogP contribution in [0.3, 0.4) is 0 Å². The van der Waals surface area contributed by atoms with Gasteiger partial charge in [0.05, 0.1) is 12.3 Å². The minimum absolute atomic E-state index is 0.00783. The Morgan fingerprint density at radius 2 is 2.37 bits per heavy atom. The Balaban J connectivity index is 2.19. The van der Waals surface area contributed by atoms with Crippen LogP contribution in [0, 0.1) is 0 Å². The summed E-state index contributed by atoms with van der Waals surface area (Å²) in [5, 5.41) is 21.8. The van der Waals surface area contributed by atoms with E-state index in [2.05, 4.69) is 28.6 Å². The Morgan fingerprint density at radius 1 is 1.53 bits per heavy atom. The van der Waals surface area contributed by atoms with Crippen molar-refractivity contribution in [3.05, 3.63) is 28.2 Å². The number of rotatable bonds is 7. The van der Waals surface area contributed by atoms with Crippen LogP contribution in [0.1, 0.15) is 24.7 Å². The highest BCUT2D eigenvalue weighted by Crippen LogP contribution is 2.20. The summed E-state index contributed by atoms with van der Waals surface area (Å²) in [6.45, 7) is 2.79. The Morgan fingerprint density at radius 3 is 3.00 bits per heavy atom. The molecule has 0 amide bonds. The topological polar surface area (TPSA) is 68.0 Å². The SMILES string of the molecule is CCCc1nnc(SCC(=O)O)n1Cc1ccsc1. The van der Waals surface area contributed by atoms with Gasteiger partial charge >= 0.3 is 5.97 Å². The fraction of sp³-hybridized carbons (Fsp3) is 0.417. The number of nitrogens with zero attached hydrogens (tertiary/aromatic N) is 3. The average molecular weight is 297 g/mol. The van der Waals surface area contributed by atoms with Crippen molar-refractivity contribution in [1.29, 1.82) is 0 Å². The Labute approximate surface area is 119 Å². The van der Waals surface area contributed by atoms with Gasteiger partial charge in [-0.3, -0.25) is 4.79 Å². The molecule has 0 aliphatic rings. The number of hydrogen-bond acceptors (Lipinski definition) is 5. The number of carboxylic acids is 1. The van der Waals surface area contributed by atoms with E-state index in [0.29, 0.717) is 11.7 Å². The van der Waals surface area contributed by atoms with Crippen molar-refractivity contribution in [3.63, 3.8) is 0 Å². The number of carbonyl (C=O) groups is 1. The second-order valence-electron chi connectivity index (χ2n) is 4.05. The van der Waals surface area contributed by atoms with Crippen molar-refractivity contribution in [3.8, 4) is 0 Å². The first-order valence-corrected chi connectivity index (χ1v) is 7.91. The van der Waals surface area contributed by atoms with Crippen molar-refractivity contribution in [2.45, 2.75) is 31.5 Å². The van der Waals surface area contributed by atoms with Crippen LogP contribution in [0.15, 0.2) is 22.0 Å². The first kappa shape index (κ1) is 14.1. The molecular formula is C12H15N3O2S2. The summed E-state index contributed by atoms with van der Waals surface area (Å²) < 4.78 is 2.01. The molecule has 0 spiro atoms. The lowest BCUT2D eigenvalue weighted by molar-refractivity contribution is -0.133. The van der Waals surface area contributed by atoms with E-state index in [0.717, 1.165) is 18.7 Å². The van der Waals surface area contributed by atoms with Crippen LogP contribution in [0.5, 0.6) is 0 Å². The molecule has 0 atom stereocenters. The summed E-state index contributed by atoms with van der Waals surface area (Å²) in [4.78, 5) is 10.7. The van der Waals surface area contributed by atoms with Crippen molar-refractivity contribution >= 4 is 29.1 Å². The molecule has 0 fully saturated rings. The zero-order chi connectivity index (χ0) is 13.7. The molecule has 0 saturated heterocycles. The second-order valence-corrected chi connectivity index (χ2v) is 5.77. The first-order chi connectivity index (χ1) is 9.20. The molecular weight excluding hydrogens is 282 g/mol. The van der Waals surface area contributed by atoms with E-state index < -0.39 is 5.97 Å². The van der Waals surface area contributed by atoms with E-state index in [1.807, 2.05) is 9.95 Å². The summed E-state index contributed by atoms with van der Waals surface area (Å²) in [7, 11) is 0. The molecule has 1 N–H and O–H groups in total. The van der Waals surface area contributed by atoms with Gasteiger partial charge in [0.2, 0.25) is 0 Å². The summed E-state index contributed by atoms with van der Waals surface area (Å²) >= 11 is 2.87. The minimum Gasteiger partial charge on any atom is -0.481 e. The van der Waals surface area contributed by atoms with Gasteiger partial charge in [-0.1, -0.05) is 18.7 Å². The van der Waals surface area contributed by atoms with E-state index in [4.69, 9.17) is 5.11 Å². The van der Waals surface area contributed by atoms with Gasteiger partial charge in [-0.2, -0.15) is 11.3 Å². The Kier molecular flexibility index (Phi) is 4.98. The molecule has 0 saturated carbocycles. The lowest BCUT2D eigenvalue weighted by Gasteiger charge is -2.08. The normalized spacial score (nSPS) is 10.8. The zero-order valence-electron chi connectivity index (χ0n) is 10.6. The third-order valence-electron chi connectivity index (χ3n) is 2.51. The quantitative estimate of drug-likeness (QED) is 0.795. The van der Waals surface area contributed by atoms with E-state index in [1.54, 1.807) is 11.3 Å². The molecule has 0 unspecified atom stereocenters. The van der Waals surface area contributed by atoms with Crippen molar-refractivity contribution < 1.29 is 9.90 Å². The molecule has 2 heterocycles. The second kappa shape index (κ2) is 6.72. The highest BCUT2D eigenvalue weighted by Gasteiger charge is 2.13. The van der Waals surface area contributed by atoms with Gasteiger partial charge in [0, 0.05) is 6.42 Å². The van der Waals surface area contributed by atoms with E-state index in [1.165, 1.54) is 17.3 Å². The molecule has 0 aliphatic heterocycles. The summed E-state index contributed by atoms with van der Waals surface area (Å²) in [6.07, 6.45) is 1.84. The molecule has 0 aromatic carbocycles. The molecule has 2 aromatic rings. The largest absolute Gasteiger partial charge is 0.481 e. The van der Waals surface area contributed by atoms with E-state index in [9.17, 15) is 4.79 Å². The summed E-state index contributed by atoms with van der Waals surface area (Å²) in [5.41, 5.74) is 1.19. The number of aliphatic carboxylic acids is 1. The van der Waals surface area contributed by atoms with E-state index in [-0.39, 0.29) is 5.75 Å². The van der Waals surface area contributed by atoms with Gasteiger partial charge in [0.1, 0.15) is 5.82 Å². The number of thioether (sulfide) groups is 1. The van der Waals surface area contributed by atoms with Gasteiger partial charge in [0.25, 0.3) is 0 Å². The highest BCUT2D eigenvalue weighted by atomic mass is 32.2. The monoisotopic (exact) mass is 297 g/mol. The van der Waals surface area contributed by atoms with Crippen LogP contribution in [0.25, 0.3) is 0 Å². The maximum Gasteiger partial charge on any atom is 0.313 e. The maximum absolute atomic E-state index is 10.7. The average Bonchev–Trinajstić information content (AvgIpc) is 2.99. The molecule has 19 heavy (non-hydrogen) atoms. The molecule has 0 aliphatic carbocycles. The number of aromatic nitrogens is 3. The smallest absolute Gasteiger partial charge is 0.313 e.